The highest BCUT2D eigenvalue weighted by Gasteiger charge is 2.42. The van der Waals surface area contributed by atoms with Crippen LogP contribution in [0.25, 0.3) is 11.1 Å². The fourth-order valence-corrected chi connectivity index (χ4v) is 3.64. The number of hydrogen-bond acceptors (Lipinski definition) is 3. The smallest absolute Gasteiger partial charge is 0.359 e. The lowest BCUT2D eigenvalue weighted by molar-refractivity contribution is -0.143. The Kier molecular flexibility index (Phi) is 6.23. The van der Waals surface area contributed by atoms with Crippen LogP contribution in [0.1, 0.15) is 47.0 Å². The Labute approximate surface area is 183 Å². The average Bonchev–Trinajstić information content (AvgIpc) is 3.21. The second kappa shape index (κ2) is 8.42. The second-order valence-electron chi connectivity index (χ2n) is 7.73. The first-order valence-corrected chi connectivity index (χ1v) is 10.0. The summed E-state index contributed by atoms with van der Waals surface area (Å²) in [6.45, 7) is 6.36. The molecule has 0 saturated heterocycles. The summed E-state index contributed by atoms with van der Waals surface area (Å²) in [5, 5.41) is 4.21. The average molecular weight is 454 g/mol. The molecule has 0 aliphatic heterocycles. The lowest BCUT2D eigenvalue weighted by Crippen LogP contribution is -2.35. The first-order valence-electron chi connectivity index (χ1n) is 9.67. The van der Waals surface area contributed by atoms with Crippen molar-refractivity contribution in [3.8, 4) is 11.1 Å². The van der Waals surface area contributed by atoms with Gasteiger partial charge < -0.3 is 14.0 Å². The molecule has 1 aromatic carbocycles. The Balaban J connectivity index is 2.36. The summed E-state index contributed by atoms with van der Waals surface area (Å²) in [6.07, 6.45) is -4.69. The minimum atomic E-state index is -4.69. The monoisotopic (exact) mass is 453 g/mol. The van der Waals surface area contributed by atoms with Crippen molar-refractivity contribution >= 4 is 17.5 Å². The van der Waals surface area contributed by atoms with E-state index in [9.17, 15) is 18.0 Å². The van der Waals surface area contributed by atoms with Crippen LogP contribution in [0.5, 0.6) is 0 Å². The summed E-state index contributed by atoms with van der Waals surface area (Å²) in [7, 11) is 1.57. The van der Waals surface area contributed by atoms with Crippen LogP contribution in [0.4, 0.5) is 13.2 Å². The minimum Gasteiger partial charge on any atom is -0.359 e. The largest absolute Gasteiger partial charge is 0.431 e. The molecule has 9 heteroatoms. The molecule has 0 atom stereocenters. The van der Waals surface area contributed by atoms with Crippen LogP contribution in [-0.2, 0) is 12.7 Å². The molecule has 5 nitrogen and oxygen atoms in total. The van der Waals surface area contributed by atoms with Gasteiger partial charge in [0.15, 0.2) is 5.76 Å². The van der Waals surface area contributed by atoms with Crippen LogP contribution in [0.2, 0.25) is 5.02 Å². The number of carbonyl (C=O) groups is 1. The maximum absolute atomic E-state index is 14.2. The van der Waals surface area contributed by atoms with Crippen molar-refractivity contribution in [2.75, 3.05) is 7.05 Å². The van der Waals surface area contributed by atoms with Gasteiger partial charge in [0.05, 0.1) is 12.2 Å². The molecule has 166 valence electrons. The third-order valence-corrected chi connectivity index (χ3v) is 5.45. The van der Waals surface area contributed by atoms with Gasteiger partial charge in [0, 0.05) is 29.7 Å². The van der Waals surface area contributed by atoms with Gasteiger partial charge in [-0.1, -0.05) is 28.9 Å². The molecule has 2 aromatic heterocycles. The molecule has 0 spiro atoms. The van der Waals surface area contributed by atoms with Gasteiger partial charge in [0.1, 0.15) is 11.4 Å². The number of hydrogen-bond donors (Lipinski definition) is 0. The summed E-state index contributed by atoms with van der Waals surface area (Å²) in [6, 6.07) is 7.73. The number of alkyl halides is 3. The normalized spacial score (nSPS) is 11.9. The lowest BCUT2D eigenvalue weighted by Gasteiger charge is -2.23. The predicted octanol–water partition coefficient (Wildman–Crippen LogP) is 5.96. The van der Waals surface area contributed by atoms with Crippen molar-refractivity contribution in [1.82, 2.24) is 14.6 Å². The van der Waals surface area contributed by atoms with Crippen LogP contribution in [0.15, 0.2) is 34.9 Å². The lowest BCUT2D eigenvalue weighted by atomic mass is 10.00. The first kappa shape index (κ1) is 22.9. The van der Waals surface area contributed by atoms with Gasteiger partial charge in [-0.2, -0.15) is 13.2 Å². The highest BCUT2D eigenvalue weighted by molar-refractivity contribution is 6.30. The van der Waals surface area contributed by atoms with Crippen molar-refractivity contribution in [1.29, 1.82) is 0 Å². The quantitative estimate of drug-likeness (QED) is 0.479. The van der Waals surface area contributed by atoms with Gasteiger partial charge in [0.2, 0.25) is 0 Å². The molecular formula is C22H23ClF3N3O2. The Morgan fingerprint density at radius 1 is 1.23 bits per heavy atom. The standard InChI is InChI=1S/C22H23ClF3N3O2/c1-12(2)28(5)21(30)19-18(15-6-8-16(23)9-7-15)14(4)20(22(24,25)26)29(19)11-17-10-13(3)27-31-17/h6-10,12H,11H2,1-5H3. The molecule has 0 bridgehead atoms. The maximum atomic E-state index is 14.2. The van der Waals surface area contributed by atoms with E-state index in [0.717, 1.165) is 4.57 Å². The summed E-state index contributed by atoms with van der Waals surface area (Å²) >= 11 is 5.97. The third-order valence-electron chi connectivity index (χ3n) is 5.20. The van der Waals surface area contributed by atoms with Crippen LogP contribution in [0.3, 0.4) is 0 Å². The van der Waals surface area contributed by atoms with Crippen LogP contribution < -0.4 is 0 Å². The van der Waals surface area contributed by atoms with Gasteiger partial charge in [-0.3, -0.25) is 4.79 Å². The highest BCUT2D eigenvalue weighted by atomic mass is 35.5. The van der Waals surface area contributed by atoms with E-state index in [4.69, 9.17) is 16.1 Å². The molecule has 3 aromatic rings. The zero-order valence-corrected chi connectivity index (χ0v) is 18.6. The maximum Gasteiger partial charge on any atom is 0.431 e. The van der Waals surface area contributed by atoms with Gasteiger partial charge in [-0.25, -0.2) is 0 Å². The van der Waals surface area contributed by atoms with Gasteiger partial charge >= 0.3 is 6.18 Å². The number of aromatic nitrogens is 2. The van der Waals surface area contributed by atoms with Crippen molar-refractivity contribution in [3.63, 3.8) is 0 Å². The summed E-state index contributed by atoms with van der Waals surface area (Å²) in [4.78, 5) is 14.8. The molecule has 0 N–H and O–H groups in total. The van der Waals surface area contributed by atoms with E-state index < -0.39 is 17.8 Å². The van der Waals surface area contributed by atoms with Crippen LogP contribution >= 0.6 is 11.6 Å². The molecule has 0 fully saturated rings. The molecule has 0 aliphatic carbocycles. The van der Waals surface area contributed by atoms with E-state index in [1.54, 1.807) is 58.2 Å². The fourth-order valence-electron chi connectivity index (χ4n) is 3.51. The first-order chi connectivity index (χ1) is 14.4. The topological polar surface area (TPSA) is 51.3 Å². The van der Waals surface area contributed by atoms with E-state index in [2.05, 4.69) is 5.16 Å². The number of benzene rings is 1. The van der Waals surface area contributed by atoms with E-state index in [0.29, 0.717) is 16.3 Å². The molecule has 31 heavy (non-hydrogen) atoms. The van der Waals surface area contributed by atoms with E-state index >= 15 is 0 Å². The Morgan fingerprint density at radius 2 is 1.84 bits per heavy atom. The number of halogens is 4. The van der Waals surface area contributed by atoms with E-state index in [1.165, 1.54) is 11.8 Å². The molecular weight excluding hydrogens is 431 g/mol. The van der Waals surface area contributed by atoms with E-state index in [-0.39, 0.29) is 35.2 Å². The Bertz CT molecular complexity index is 1100. The second-order valence-corrected chi connectivity index (χ2v) is 8.17. The van der Waals surface area contributed by atoms with Gasteiger partial charge in [-0.15, -0.1) is 0 Å². The SMILES string of the molecule is Cc1cc(Cn2c(C(=O)N(C)C(C)C)c(-c3ccc(Cl)cc3)c(C)c2C(F)(F)F)on1. The molecule has 2 heterocycles. The Morgan fingerprint density at radius 3 is 2.32 bits per heavy atom. The van der Waals surface area contributed by atoms with Crippen LogP contribution in [-0.4, -0.2) is 33.6 Å². The zero-order valence-electron chi connectivity index (χ0n) is 17.8. The molecule has 1 amide bonds. The molecule has 0 radical (unpaired) electrons. The van der Waals surface area contributed by atoms with Crippen molar-refractivity contribution in [3.05, 3.63) is 63.8 Å². The minimum absolute atomic E-state index is 0.0356. The van der Waals surface area contributed by atoms with Crippen molar-refractivity contribution in [2.45, 2.75) is 46.5 Å². The van der Waals surface area contributed by atoms with Crippen molar-refractivity contribution < 1.29 is 22.5 Å². The molecule has 3 rings (SSSR count). The van der Waals surface area contributed by atoms with Crippen molar-refractivity contribution in [2.24, 2.45) is 0 Å². The van der Waals surface area contributed by atoms with Gasteiger partial charge in [0.25, 0.3) is 5.91 Å². The van der Waals surface area contributed by atoms with E-state index in [1.807, 2.05) is 0 Å². The number of carbonyl (C=O) groups excluding carboxylic acids is 1. The number of aryl methyl sites for hydroxylation is 1. The fraction of sp³-hybridized carbons (Fsp3) is 0.364. The third kappa shape index (κ3) is 4.49. The number of nitrogens with zero attached hydrogens (tertiary/aromatic N) is 3. The Hall–Kier alpha value is -2.74. The molecule has 0 saturated carbocycles. The van der Waals surface area contributed by atoms with Gasteiger partial charge in [-0.05, 0) is 51.0 Å². The zero-order chi connectivity index (χ0) is 23.1. The summed E-state index contributed by atoms with van der Waals surface area (Å²) < 4.78 is 48.8. The van der Waals surface area contributed by atoms with Crippen LogP contribution in [0, 0.1) is 13.8 Å². The summed E-state index contributed by atoms with van der Waals surface area (Å²) in [5.74, 6) is -0.295. The number of amides is 1. The molecule has 0 aliphatic rings. The predicted molar refractivity (Wildman–Crippen MR) is 112 cm³/mol. The number of rotatable bonds is 5. The highest BCUT2D eigenvalue weighted by Crippen LogP contribution is 2.42. The summed E-state index contributed by atoms with van der Waals surface area (Å²) in [5.41, 5.74) is 0.242. The molecule has 0 unspecified atom stereocenters.